The molecule has 0 saturated carbocycles. The number of anilines is 1. The van der Waals surface area contributed by atoms with Gasteiger partial charge < -0.3 is 10.4 Å². The summed E-state index contributed by atoms with van der Waals surface area (Å²) in [5.74, 6) is -0.745. The quantitative estimate of drug-likeness (QED) is 0.566. The van der Waals surface area contributed by atoms with E-state index in [1.54, 1.807) is 29.8 Å². The van der Waals surface area contributed by atoms with Gasteiger partial charge in [-0.15, -0.1) is 0 Å². The van der Waals surface area contributed by atoms with Gasteiger partial charge in [-0.1, -0.05) is 17.7 Å². The van der Waals surface area contributed by atoms with Gasteiger partial charge in [0.25, 0.3) is 5.91 Å². The highest BCUT2D eigenvalue weighted by Crippen LogP contribution is 2.30. The molecule has 1 aromatic heterocycles. The molecule has 10 heteroatoms. The first-order chi connectivity index (χ1) is 14.8. The number of halogens is 1. The summed E-state index contributed by atoms with van der Waals surface area (Å²) in [6, 6.07) is 10.9. The smallest absolute Gasteiger partial charge is 0.259 e. The lowest BCUT2D eigenvalue weighted by molar-refractivity contribution is 0.102. The largest absolute Gasteiger partial charge is 0.506 e. The minimum Gasteiger partial charge on any atom is -0.506 e. The Kier molecular flexibility index (Phi) is 5.74. The van der Waals surface area contributed by atoms with Crippen molar-refractivity contribution in [3.63, 3.8) is 0 Å². The van der Waals surface area contributed by atoms with Gasteiger partial charge in [-0.25, -0.2) is 13.1 Å². The third kappa shape index (κ3) is 4.16. The van der Waals surface area contributed by atoms with Crippen LogP contribution in [0.5, 0.6) is 5.75 Å². The molecule has 31 heavy (non-hydrogen) atoms. The standard InChI is InChI=1S/C21H21ClN4O4S/c1-14-18(13-23-26(14)16-6-4-5-15(22)11-16)21(28)24-19-12-17(7-8-20(19)27)31(29,30)25-9-2-3-10-25/h4-8,11-13,27H,2-3,9-10H2,1H3,(H,24,28). The molecule has 0 radical (unpaired) electrons. The number of aromatic hydroxyl groups is 1. The Morgan fingerprint density at radius 3 is 2.61 bits per heavy atom. The highest BCUT2D eigenvalue weighted by Gasteiger charge is 2.28. The van der Waals surface area contributed by atoms with Crippen molar-refractivity contribution in [3.05, 3.63) is 64.9 Å². The van der Waals surface area contributed by atoms with E-state index in [9.17, 15) is 18.3 Å². The zero-order chi connectivity index (χ0) is 22.2. The van der Waals surface area contributed by atoms with Crippen molar-refractivity contribution in [1.82, 2.24) is 14.1 Å². The van der Waals surface area contributed by atoms with Crippen LogP contribution in [0, 0.1) is 6.92 Å². The summed E-state index contributed by atoms with van der Waals surface area (Å²) in [7, 11) is -3.68. The number of nitrogens with zero attached hydrogens (tertiary/aromatic N) is 3. The van der Waals surface area contributed by atoms with Crippen LogP contribution in [0.1, 0.15) is 28.9 Å². The maximum absolute atomic E-state index is 12.9. The van der Waals surface area contributed by atoms with Gasteiger partial charge in [0, 0.05) is 18.1 Å². The van der Waals surface area contributed by atoms with Crippen molar-refractivity contribution in [2.24, 2.45) is 0 Å². The Morgan fingerprint density at radius 2 is 1.90 bits per heavy atom. The van der Waals surface area contributed by atoms with Crippen molar-refractivity contribution in [2.75, 3.05) is 18.4 Å². The van der Waals surface area contributed by atoms with E-state index in [1.807, 2.05) is 6.07 Å². The predicted octanol–water partition coefficient (Wildman–Crippen LogP) is 3.58. The number of hydrogen-bond acceptors (Lipinski definition) is 5. The fraction of sp³-hybridized carbons (Fsp3) is 0.238. The van der Waals surface area contributed by atoms with Crippen LogP contribution in [0.25, 0.3) is 5.69 Å². The topological polar surface area (TPSA) is 105 Å². The molecule has 2 aromatic carbocycles. The molecule has 2 N–H and O–H groups in total. The molecule has 1 aliphatic heterocycles. The van der Waals surface area contributed by atoms with Gasteiger partial charge in [0.15, 0.2) is 0 Å². The van der Waals surface area contributed by atoms with Crippen molar-refractivity contribution in [3.8, 4) is 11.4 Å². The molecule has 3 aromatic rings. The minimum absolute atomic E-state index is 0.0141. The van der Waals surface area contributed by atoms with E-state index < -0.39 is 15.9 Å². The number of carbonyl (C=O) groups is 1. The summed E-state index contributed by atoms with van der Waals surface area (Å²) < 4.78 is 28.6. The minimum atomic E-state index is -3.68. The van der Waals surface area contributed by atoms with Gasteiger partial charge in [-0.3, -0.25) is 4.79 Å². The van der Waals surface area contributed by atoms with Gasteiger partial charge in [0.2, 0.25) is 10.0 Å². The molecule has 4 rings (SSSR count). The lowest BCUT2D eigenvalue weighted by Crippen LogP contribution is -2.28. The average Bonchev–Trinajstić information content (AvgIpc) is 3.40. The Morgan fingerprint density at radius 1 is 1.16 bits per heavy atom. The molecular weight excluding hydrogens is 440 g/mol. The highest BCUT2D eigenvalue weighted by atomic mass is 35.5. The highest BCUT2D eigenvalue weighted by molar-refractivity contribution is 7.89. The monoisotopic (exact) mass is 460 g/mol. The van der Waals surface area contributed by atoms with Gasteiger partial charge in [0.1, 0.15) is 5.75 Å². The molecule has 2 heterocycles. The van der Waals surface area contributed by atoms with Crippen molar-refractivity contribution < 1.29 is 18.3 Å². The van der Waals surface area contributed by atoms with Crippen LogP contribution in [0.2, 0.25) is 5.02 Å². The van der Waals surface area contributed by atoms with Crippen LogP contribution in [0.15, 0.2) is 53.6 Å². The number of carbonyl (C=O) groups excluding carboxylic acids is 1. The molecule has 0 unspecified atom stereocenters. The SMILES string of the molecule is Cc1c(C(=O)Nc2cc(S(=O)(=O)N3CCCC3)ccc2O)cnn1-c1cccc(Cl)c1. The summed E-state index contributed by atoms with van der Waals surface area (Å²) in [4.78, 5) is 12.9. The third-order valence-corrected chi connectivity index (χ3v) is 7.36. The molecule has 1 fully saturated rings. The third-order valence-electron chi connectivity index (χ3n) is 5.23. The first-order valence-corrected chi connectivity index (χ1v) is 11.5. The normalized spacial score (nSPS) is 14.6. The zero-order valence-electron chi connectivity index (χ0n) is 16.7. The molecule has 1 amide bonds. The summed E-state index contributed by atoms with van der Waals surface area (Å²) in [6.07, 6.45) is 3.04. The number of rotatable bonds is 5. The summed E-state index contributed by atoms with van der Waals surface area (Å²) in [6.45, 7) is 2.66. The van der Waals surface area contributed by atoms with E-state index in [-0.39, 0.29) is 21.9 Å². The van der Waals surface area contributed by atoms with Crippen LogP contribution >= 0.6 is 11.6 Å². The van der Waals surface area contributed by atoms with Crippen LogP contribution < -0.4 is 5.32 Å². The number of phenolic OH excluding ortho intramolecular Hbond substituents is 1. The van der Waals surface area contributed by atoms with Crippen LogP contribution in [0.4, 0.5) is 5.69 Å². The first kappa shape index (κ1) is 21.4. The van der Waals surface area contributed by atoms with E-state index in [0.717, 1.165) is 12.8 Å². The number of hydrogen-bond donors (Lipinski definition) is 2. The summed E-state index contributed by atoms with van der Waals surface area (Å²) in [5, 5.41) is 17.6. The van der Waals surface area contributed by atoms with E-state index in [4.69, 9.17) is 11.6 Å². The van der Waals surface area contributed by atoms with Gasteiger partial charge in [0.05, 0.1) is 33.7 Å². The van der Waals surface area contributed by atoms with Gasteiger partial charge in [-0.2, -0.15) is 9.40 Å². The second kappa shape index (κ2) is 8.33. The Bertz CT molecular complexity index is 1250. The molecule has 162 valence electrons. The molecule has 0 spiro atoms. The predicted molar refractivity (Wildman–Crippen MR) is 117 cm³/mol. The van der Waals surface area contributed by atoms with Crippen LogP contribution in [-0.2, 0) is 10.0 Å². The number of sulfonamides is 1. The van der Waals surface area contributed by atoms with Gasteiger partial charge in [-0.05, 0) is 56.2 Å². The second-order valence-corrected chi connectivity index (χ2v) is 9.65. The molecular formula is C21H21ClN4O4S. The fourth-order valence-electron chi connectivity index (χ4n) is 3.54. The Labute approximate surface area is 185 Å². The van der Waals surface area contributed by atoms with Crippen molar-refractivity contribution in [2.45, 2.75) is 24.7 Å². The Balaban J connectivity index is 1.61. The number of phenols is 1. The second-order valence-electron chi connectivity index (χ2n) is 7.28. The van der Waals surface area contributed by atoms with Crippen molar-refractivity contribution >= 4 is 33.2 Å². The van der Waals surface area contributed by atoms with E-state index in [1.165, 1.54) is 28.7 Å². The lowest BCUT2D eigenvalue weighted by atomic mass is 10.2. The maximum Gasteiger partial charge on any atom is 0.259 e. The van der Waals surface area contributed by atoms with Gasteiger partial charge >= 0.3 is 0 Å². The molecule has 0 atom stereocenters. The Hall–Kier alpha value is -2.88. The zero-order valence-corrected chi connectivity index (χ0v) is 18.3. The van der Waals surface area contributed by atoms with E-state index in [2.05, 4.69) is 10.4 Å². The van der Waals surface area contributed by atoms with Crippen LogP contribution in [0.3, 0.4) is 0 Å². The number of amides is 1. The average molecular weight is 461 g/mol. The van der Waals surface area contributed by atoms with E-state index >= 15 is 0 Å². The molecule has 8 nitrogen and oxygen atoms in total. The number of nitrogens with one attached hydrogen (secondary N) is 1. The summed E-state index contributed by atoms with van der Waals surface area (Å²) >= 11 is 6.04. The first-order valence-electron chi connectivity index (χ1n) is 9.72. The maximum atomic E-state index is 12.9. The molecule has 1 saturated heterocycles. The molecule has 0 bridgehead atoms. The summed E-state index contributed by atoms with van der Waals surface area (Å²) in [5.41, 5.74) is 1.57. The van der Waals surface area contributed by atoms with Crippen molar-refractivity contribution in [1.29, 1.82) is 0 Å². The number of benzene rings is 2. The lowest BCUT2D eigenvalue weighted by Gasteiger charge is -2.16. The molecule has 1 aliphatic rings. The number of aromatic nitrogens is 2. The fourth-order valence-corrected chi connectivity index (χ4v) is 5.27. The van der Waals surface area contributed by atoms with E-state index in [0.29, 0.717) is 29.5 Å². The van der Waals surface area contributed by atoms with Crippen LogP contribution in [-0.4, -0.2) is 46.6 Å². The molecule has 0 aliphatic carbocycles.